The summed E-state index contributed by atoms with van der Waals surface area (Å²) in [7, 11) is 0. The lowest BCUT2D eigenvalue weighted by molar-refractivity contribution is -0.116. The van der Waals surface area contributed by atoms with Crippen LogP contribution in [0.15, 0.2) is 48.5 Å². The third-order valence-corrected chi connectivity index (χ3v) is 6.16. The van der Waals surface area contributed by atoms with E-state index < -0.39 is 5.82 Å². The van der Waals surface area contributed by atoms with E-state index in [0.29, 0.717) is 13.0 Å². The molecule has 1 saturated heterocycles. The minimum absolute atomic E-state index is 0.136. The fraction of sp³-hybridized carbons (Fsp3) is 0.409. The van der Waals surface area contributed by atoms with Gasteiger partial charge in [0, 0.05) is 18.4 Å². The van der Waals surface area contributed by atoms with E-state index in [0.717, 1.165) is 32.4 Å². The number of hydrogen-bond acceptors (Lipinski definition) is 3. The molecule has 2 N–H and O–H groups in total. The molecule has 1 unspecified atom stereocenters. The first-order valence-electron chi connectivity index (χ1n) is 9.62. The maximum absolute atomic E-state index is 13.6. The first kappa shape index (κ1) is 18.1. The predicted molar refractivity (Wildman–Crippen MR) is 103 cm³/mol. The molecule has 1 fully saturated rings. The van der Waals surface area contributed by atoms with Crippen LogP contribution in [0.1, 0.15) is 30.4 Å². The molecular weight excluding hydrogens is 343 g/mol. The van der Waals surface area contributed by atoms with Crippen molar-refractivity contribution in [1.82, 2.24) is 4.90 Å². The maximum Gasteiger partial charge on any atom is 0.225 e. The number of aliphatic hydroxyl groups is 1. The number of carbonyl (C=O) groups excluding carboxylic acids is 1. The van der Waals surface area contributed by atoms with Crippen LogP contribution in [0.5, 0.6) is 0 Å². The van der Waals surface area contributed by atoms with Crippen molar-refractivity contribution in [3.63, 3.8) is 0 Å². The lowest BCUT2D eigenvalue weighted by Gasteiger charge is -2.42. The van der Waals surface area contributed by atoms with E-state index in [2.05, 4.69) is 28.4 Å². The topological polar surface area (TPSA) is 52.6 Å². The van der Waals surface area contributed by atoms with Gasteiger partial charge in [-0.15, -0.1) is 0 Å². The number of fused-ring (bicyclic) bond motifs is 2. The fourth-order valence-corrected chi connectivity index (χ4v) is 4.58. The maximum atomic E-state index is 13.6. The number of piperidine rings is 1. The summed E-state index contributed by atoms with van der Waals surface area (Å²) in [6.45, 7) is 2.37. The van der Waals surface area contributed by atoms with E-state index in [1.54, 1.807) is 18.2 Å². The van der Waals surface area contributed by atoms with Gasteiger partial charge in [0.05, 0.1) is 11.8 Å². The smallest absolute Gasteiger partial charge is 0.225 e. The Kier molecular flexibility index (Phi) is 4.98. The number of benzene rings is 2. The molecule has 5 heteroatoms. The van der Waals surface area contributed by atoms with Gasteiger partial charge in [0.25, 0.3) is 0 Å². The second-order valence-electron chi connectivity index (χ2n) is 7.65. The zero-order valence-electron chi connectivity index (χ0n) is 15.3. The van der Waals surface area contributed by atoms with Crippen molar-refractivity contribution in [1.29, 1.82) is 0 Å². The Bertz CT molecular complexity index is 831. The second-order valence-corrected chi connectivity index (χ2v) is 7.65. The molecule has 27 heavy (non-hydrogen) atoms. The normalized spacial score (nSPS) is 21.2. The molecule has 0 radical (unpaired) electrons. The number of halogens is 1. The third-order valence-electron chi connectivity index (χ3n) is 6.16. The highest BCUT2D eigenvalue weighted by Gasteiger charge is 2.47. The summed E-state index contributed by atoms with van der Waals surface area (Å²) in [4.78, 5) is 14.4. The average molecular weight is 368 g/mol. The molecule has 1 aliphatic carbocycles. The molecule has 1 spiro atoms. The van der Waals surface area contributed by atoms with Crippen LogP contribution < -0.4 is 5.32 Å². The van der Waals surface area contributed by atoms with Crippen LogP contribution in [0.3, 0.4) is 0 Å². The molecule has 2 aromatic rings. The monoisotopic (exact) mass is 368 g/mol. The van der Waals surface area contributed by atoms with Crippen molar-refractivity contribution in [3.8, 4) is 0 Å². The van der Waals surface area contributed by atoms with Crippen molar-refractivity contribution in [2.45, 2.75) is 37.2 Å². The summed E-state index contributed by atoms with van der Waals surface area (Å²) < 4.78 is 13.6. The molecule has 2 aliphatic rings. The molecule has 1 atom stereocenters. The summed E-state index contributed by atoms with van der Waals surface area (Å²) >= 11 is 0. The van der Waals surface area contributed by atoms with E-state index in [9.17, 15) is 14.3 Å². The minimum Gasteiger partial charge on any atom is -0.392 e. The van der Waals surface area contributed by atoms with Crippen LogP contribution in [0.2, 0.25) is 0 Å². The average Bonchev–Trinajstić information content (AvgIpc) is 2.95. The Morgan fingerprint density at radius 2 is 1.85 bits per heavy atom. The number of amides is 1. The van der Waals surface area contributed by atoms with Gasteiger partial charge >= 0.3 is 0 Å². The van der Waals surface area contributed by atoms with E-state index >= 15 is 0 Å². The first-order valence-corrected chi connectivity index (χ1v) is 9.62. The Morgan fingerprint density at radius 3 is 2.63 bits per heavy atom. The summed E-state index contributed by atoms with van der Waals surface area (Å²) in [6, 6.07) is 14.6. The highest BCUT2D eigenvalue weighted by Crippen LogP contribution is 2.46. The molecule has 1 heterocycles. The van der Waals surface area contributed by atoms with Crippen LogP contribution in [0.4, 0.5) is 10.1 Å². The number of hydrogen-bond donors (Lipinski definition) is 2. The van der Waals surface area contributed by atoms with Crippen LogP contribution in [-0.4, -0.2) is 41.7 Å². The van der Waals surface area contributed by atoms with Gasteiger partial charge in [-0.25, -0.2) is 4.39 Å². The molecule has 4 nitrogen and oxygen atoms in total. The Labute approximate surface area is 159 Å². The van der Waals surface area contributed by atoms with E-state index in [-0.39, 0.29) is 23.1 Å². The van der Waals surface area contributed by atoms with Gasteiger partial charge in [0.1, 0.15) is 5.82 Å². The number of nitrogens with one attached hydrogen (secondary N) is 1. The molecular formula is C22H25FN2O2. The number of anilines is 1. The highest BCUT2D eigenvalue weighted by atomic mass is 19.1. The minimum atomic E-state index is -0.417. The van der Waals surface area contributed by atoms with Crippen molar-refractivity contribution in [3.05, 3.63) is 65.5 Å². The molecule has 142 valence electrons. The zero-order valence-corrected chi connectivity index (χ0v) is 15.3. The molecule has 1 aliphatic heterocycles. The Morgan fingerprint density at radius 1 is 1.15 bits per heavy atom. The summed E-state index contributed by atoms with van der Waals surface area (Å²) in [5.41, 5.74) is 2.66. The standard InChI is InChI=1S/C22H25FN2O2/c23-18-7-3-4-8-19(18)24-21(27)9-12-25-13-10-22(11-14-25)17-6-2-1-5-16(17)15-20(22)26/h1-8,20,26H,9-15H2,(H,24,27). The lowest BCUT2D eigenvalue weighted by Crippen LogP contribution is -2.47. The summed E-state index contributed by atoms with van der Waals surface area (Å²) in [5.74, 6) is -0.591. The number of carbonyl (C=O) groups is 1. The number of rotatable bonds is 4. The number of para-hydroxylation sites is 1. The number of nitrogens with zero attached hydrogens (tertiary/aromatic N) is 1. The molecule has 0 saturated carbocycles. The molecule has 0 aromatic heterocycles. The quantitative estimate of drug-likeness (QED) is 0.872. The SMILES string of the molecule is O=C(CCN1CCC2(CC1)c1ccccc1CC2O)Nc1ccccc1F. The third kappa shape index (κ3) is 3.49. The first-order chi connectivity index (χ1) is 13.1. The van der Waals surface area contributed by atoms with Crippen molar-refractivity contribution >= 4 is 11.6 Å². The van der Waals surface area contributed by atoms with Crippen molar-refractivity contribution in [2.75, 3.05) is 25.0 Å². The lowest BCUT2D eigenvalue weighted by atomic mass is 9.72. The van der Waals surface area contributed by atoms with Crippen molar-refractivity contribution in [2.24, 2.45) is 0 Å². The summed E-state index contributed by atoms with van der Waals surface area (Å²) in [6.07, 6.45) is 2.56. The predicted octanol–water partition coefficient (Wildman–Crippen LogP) is 3.11. The van der Waals surface area contributed by atoms with Gasteiger partial charge in [0.2, 0.25) is 5.91 Å². The van der Waals surface area contributed by atoms with Crippen LogP contribution in [0, 0.1) is 5.82 Å². The Hall–Kier alpha value is -2.24. The Balaban J connectivity index is 1.31. The van der Waals surface area contributed by atoms with Crippen molar-refractivity contribution < 1.29 is 14.3 Å². The molecule has 0 bridgehead atoms. The van der Waals surface area contributed by atoms with Gasteiger partial charge in [-0.1, -0.05) is 36.4 Å². The number of aliphatic hydroxyl groups excluding tert-OH is 1. The van der Waals surface area contributed by atoms with Crippen LogP contribution in [0.25, 0.3) is 0 Å². The van der Waals surface area contributed by atoms with Gasteiger partial charge in [-0.05, 0) is 55.6 Å². The molecule has 4 rings (SSSR count). The van der Waals surface area contributed by atoms with Gasteiger partial charge in [0.15, 0.2) is 0 Å². The largest absolute Gasteiger partial charge is 0.392 e. The van der Waals surface area contributed by atoms with Gasteiger partial charge < -0.3 is 15.3 Å². The molecule has 2 aromatic carbocycles. The van der Waals surface area contributed by atoms with E-state index in [1.807, 2.05) is 6.07 Å². The number of likely N-dealkylation sites (tertiary alicyclic amines) is 1. The fourth-order valence-electron chi connectivity index (χ4n) is 4.58. The molecule has 1 amide bonds. The zero-order chi connectivity index (χ0) is 18.9. The van der Waals surface area contributed by atoms with E-state index in [4.69, 9.17) is 0 Å². The highest BCUT2D eigenvalue weighted by molar-refractivity contribution is 5.90. The van der Waals surface area contributed by atoms with Crippen LogP contribution >= 0.6 is 0 Å². The second kappa shape index (κ2) is 7.41. The van der Waals surface area contributed by atoms with Gasteiger partial charge in [-0.3, -0.25) is 4.79 Å². The van der Waals surface area contributed by atoms with E-state index in [1.165, 1.54) is 17.2 Å². The summed E-state index contributed by atoms with van der Waals surface area (Å²) in [5, 5.41) is 13.3. The van der Waals surface area contributed by atoms with Gasteiger partial charge in [-0.2, -0.15) is 0 Å². The van der Waals surface area contributed by atoms with Crippen LogP contribution in [-0.2, 0) is 16.6 Å².